The van der Waals surface area contributed by atoms with E-state index in [0.29, 0.717) is 0 Å². The molecular formula is C17H14BrN4O+. The molecule has 5 nitrogen and oxygen atoms in total. The van der Waals surface area contributed by atoms with Gasteiger partial charge in [0.05, 0.1) is 29.6 Å². The minimum absolute atomic E-state index is 0.00873. The predicted octanol–water partition coefficient (Wildman–Crippen LogP) is 3.17. The molecule has 0 saturated carbocycles. The van der Waals surface area contributed by atoms with Crippen LogP contribution in [0.3, 0.4) is 0 Å². The van der Waals surface area contributed by atoms with Gasteiger partial charge in [-0.25, -0.2) is 0 Å². The van der Waals surface area contributed by atoms with Crippen molar-refractivity contribution in [1.29, 1.82) is 0 Å². The number of rotatable bonds is 3. The maximum Gasteiger partial charge on any atom is 0.265 e. The van der Waals surface area contributed by atoms with Gasteiger partial charge in [-0.2, -0.15) is 10.8 Å². The van der Waals surface area contributed by atoms with Crippen molar-refractivity contribution in [2.24, 2.45) is 15.8 Å². The lowest BCUT2D eigenvalue weighted by atomic mass is 10.0. The number of ether oxygens (including phenoxy) is 1. The van der Waals surface area contributed by atoms with Crippen LogP contribution in [0.5, 0.6) is 5.75 Å². The number of hydrogen-bond acceptors (Lipinski definition) is 4. The van der Waals surface area contributed by atoms with Crippen LogP contribution in [-0.2, 0) is 0 Å². The molecule has 6 heteroatoms. The number of halogens is 1. The molecule has 2 heterocycles. The predicted molar refractivity (Wildman–Crippen MR) is 93.6 cm³/mol. The van der Waals surface area contributed by atoms with Gasteiger partial charge in [0.15, 0.2) is 0 Å². The summed E-state index contributed by atoms with van der Waals surface area (Å²) in [5.41, 5.74) is 3.69. The molecule has 4 rings (SSSR count). The first-order chi connectivity index (χ1) is 11.1. The maximum absolute atomic E-state index is 6.64. The Morgan fingerprint density at radius 1 is 1.30 bits per heavy atom. The van der Waals surface area contributed by atoms with Gasteiger partial charge in [-0.05, 0) is 34.1 Å². The maximum atomic E-state index is 6.64. The number of aliphatic imine (C=N–C) groups is 2. The van der Waals surface area contributed by atoms with Crippen LogP contribution in [0.2, 0.25) is 0 Å². The van der Waals surface area contributed by atoms with Crippen molar-refractivity contribution >= 4 is 28.0 Å². The van der Waals surface area contributed by atoms with Crippen molar-refractivity contribution in [3.63, 3.8) is 0 Å². The van der Waals surface area contributed by atoms with Gasteiger partial charge >= 0.3 is 0 Å². The third-order valence-corrected chi connectivity index (χ3v) is 4.68. The molecule has 1 atom stereocenters. The van der Waals surface area contributed by atoms with Crippen LogP contribution in [-0.4, -0.2) is 23.8 Å². The number of benzene rings is 1. The van der Waals surface area contributed by atoms with Gasteiger partial charge in [-0.3, -0.25) is 4.99 Å². The highest BCUT2D eigenvalue weighted by Gasteiger charge is 2.44. The summed E-state index contributed by atoms with van der Waals surface area (Å²) in [4.78, 5) is 9.03. The summed E-state index contributed by atoms with van der Waals surface area (Å²) < 4.78 is 6.29. The molecule has 1 aromatic carbocycles. The van der Waals surface area contributed by atoms with Crippen molar-refractivity contribution in [3.05, 3.63) is 75.8 Å². The Morgan fingerprint density at radius 2 is 2.13 bits per heavy atom. The Morgan fingerprint density at radius 3 is 2.83 bits per heavy atom. The Labute approximate surface area is 142 Å². The lowest BCUT2D eigenvalue weighted by Gasteiger charge is -2.26. The normalized spacial score (nSPS) is 24.3. The number of allylic oxidation sites excluding steroid dienone is 4. The fourth-order valence-electron chi connectivity index (χ4n) is 2.74. The van der Waals surface area contributed by atoms with Crippen LogP contribution < -0.4 is 10.6 Å². The molecule has 3 aliphatic rings. The minimum atomic E-state index is 0.00873. The fourth-order valence-corrected chi connectivity index (χ4v) is 3.15. The largest absolute Gasteiger partial charge is 0.496 e. The zero-order chi connectivity index (χ0) is 16.0. The lowest BCUT2D eigenvalue weighted by molar-refractivity contribution is -0.750. The smallest absolute Gasteiger partial charge is 0.265 e. The van der Waals surface area contributed by atoms with Crippen LogP contribution >= 0.6 is 15.9 Å². The third-order valence-electron chi connectivity index (χ3n) is 4.03. The fraction of sp³-hybridized carbons (Fsp3) is 0.0588. The second-order valence-corrected chi connectivity index (χ2v) is 6.21. The number of hydrogen-bond donors (Lipinski definition) is 1. The summed E-state index contributed by atoms with van der Waals surface area (Å²) >= 11 is 3.47. The van der Waals surface area contributed by atoms with Crippen LogP contribution in [0.1, 0.15) is 5.56 Å². The molecule has 1 aromatic rings. The molecule has 0 bridgehead atoms. The van der Waals surface area contributed by atoms with Crippen molar-refractivity contribution in [1.82, 2.24) is 0 Å². The SMILES string of the molecule is COc1cc(C2=NC(C3=CC=C3)=C3C=NC=C[N+]23N)ccc1Br. The van der Waals surface area contributed by atoms with E-state index in [1.54, 1.807) is 19.5 Å². The van der Waals surface area contributed by atoms with Gasteiger partial charge < -0.3 is 4.74 Å². The number of nitrogens with two attached hydrogens (primary N) is 1. The van der Waals surface area contributed by atoms with Crippen molar-refractivity contribution in [3.8, 4) is 5.75 Å². The molecule has 2 aliphatic heterocycles. The highest BCUT2D eigenvalue weighted by Crippen LogP contribution is 2.37. The number of methoxy groups -OCH3 is 1. The van der Waals surface area contributed by atoms with E-state index in [9.17, 15) is 0 Å². The molecule has 2 N–H and O–H groups in total. The summed E-state index contributed by atoms with van der Waals surface area (Å²) in [5, 5.41) is 0. The second kappa shape index (κ2) is 5.13. The van der Waals surface area contributed by atoms with E-state index in [2.05, 4.69) is 20.9 Å². The van der Waals surface area contributed by atoms with Crippen molar-refractivity contribution in [2.45, 2.75) is 0 Å². The first-order valence-corrected chi connectivity index (χ1v) is 7.88. The zero-order valence-electron chi connectivity index (χ0n) is 12.4. The van der Waals surface area contributed by atoms with E-state index in [1.165, 1.54) is 0 Å². The highest BCUT2D eigenvalue weighted by molar-refractivity contribution is 9.10. The molecule has 0 fully saturated rings. The number of quaternary nitrogens is 1. The van der Waals surface area contributed by atoms with Gasteiger partial charge in [-0.15, -0.1) is 4.59 Å². The molecule has 23 heavy (non-hydrogen) atoms. The van der Waals surface area contributed by atoms with Crippen LogP contribution in [0, 0.1) is 0 Å². The number of amidine groups is 1. The van der Waals surface area contributed by atoms with E-state index in [4.69, 9.17) is 15.6 Å². The first-order valence-electron chi connectivity index (χ1n) is 7.08. The first kappa shape index (κ1) is 14.3. The summed E-state index contributed by atoms with van der Waals surface area (Å²) in [7, 11) is 1.64. The molecule has 114 valence electrons. The van der Waals surface area contributed by atoms with Crippen molar-refractivity contribution < 1.29 is 9.33 Å². The number of fused-ring (bicyclic) bond motifs is 1. The molecule has 0 aromatic heterocycles. The summed E-state index contributed by atoms with van der Waals surface area (Å²) in [5.74, 6) is 8.12. The minimum Gasteiger partial charge on any atom is -0.496 e. The van der Waals surface area contributed by atoms with E-state index < -0.39 is 0 Å². The Kier molecular flexibility index (Phi) is 3.19. The average molecular weight is 370 g/mol. The third kappa shape index (κ3) is 2.07. The second-order valence-electron chi connectivity index (χ2n) is 5.35. The van der Waals surface area contributed by atoms with Gasteiger partial charge in [0.2, 0.25) is 5.70 Å². The van der Waals surface area contributed by atoms with E-state index in [0.717, 1.165) is 38.6 Å². The molecule has 1 aliphatic carbocycles. The average Bonchev–Trinajstić information content (AvgIpc) is 2.80. The molecule has 0 saturated heterocycles. The Bertz CT molecular complexity index is 892. The lowest BCUT2D eigenvalue weighted by Crippen LogP contribution is -2.53. The van der Waals surface area contributed by atoms with Crippen LogP contribution in [0.15, 0.2) is 80.3 Å². The molecule has 0 amide bonds. The van der Waals surface area contributed by atoms with Gasteiger partial charge in [0.1, 0.15) is 17.6 Å². The van der Waals surface area contributed by atoms with E-state index in [-0.39, 0.29) is 4.59 Å². The Balaban J connectivity index is 1.86. The molecular weight excluding hydrogens is 356 g/mol. The standard InChI is InChI=1S/C17H14BrN4O/c1-23-15-9-12(5-6-13(15)18)17-21-16(11-3-2-4-11)14-10-20-7-8-22(14,17)19/h2-10H,19H2,1H3/q+1. The molecule has 0 spiro atoms. The number of nitrogens with zero attached hydrogens (tertiary/aromatic N) is 3. The Hall–Kier alpha value is -2.28. The van der Waals surface area contributed by atoms with Crippen LogP contribution in [0.25, 0.3) is 0 Å². The van der Waals surface area contributed by atoms with Gasteiger partial charge in [0.25, 0.3) is 5.84 Å². The van der Waals surface area contributed by atoms with Crippen LogP contribution in [0.4, 0.5) is 0 Å². The zero-order valence-corrected chi connectivity index (χ0v) is 14.0. The quantitative estimate of drug-likeness (QED) is 0.656. The molecule has 0 radical (unpaired) electrons. The topological polar surface area (TPSA) is 60.0 Å². The van der Waals surface area contributed by atoms with Gasteiger partial charge in [-0.1, -0.05) is 18.2 Å². The van der Waals surface area contributed by atoms with Gasteiger partial charge in [0, 0.05) is 5.57 Å². The summed E-state index contributed by atoms with van der Waals surface area (Å²) in [6, 6.07) is 5.84. The molecule has 1 unspecified atom stereocenters. The highest BCUT2D eigenvalue weighted by atomic mass is 79.9. The van der Waals surface area contributed by atoms with E-state index in [1.807, 2.05) is 42.6 Å². The summed E-state index contributed by atoms with van der Waals surface area (Å²) in [6.07, 6.45) is 11.3. The summed E-state index contributed by atoms with van der Waals surface area (Å²) in [6.45, 7) is 0. The van der Waals surface area contributed by atoms with E-state index >= 15 is 0 Å². The monoisotopic (exact) mass is 369 g/mol. The van der Waals surface area contributed by atoms with Crippen molar-refractivity contribution in [2.75, 3.05) is 7.11 Å².